The Balaban J connectivity index is 2.24. The predicted molar refractivity (Wildman–Crippen MR) is 68.1 cm³/mol. The first-order chi connectivity index (χ1) is 8.35. The maximum Gasteiger partial charge on any atom is 0.119 e. The minimum absolute atomic E-state index is 0.213. The van der Waals surface area contributed by atoms with Crippen molar-refractivity contribution in [2.75, 3.05) is 20.8 Å². The molecule has 0 radical (unpaired) electrons. The standard InChI is InChI=1S/C14H19NO2/c1-15-14(12-6-4-8-17-10-12)11-5-3-7-13(9-11)16-2/h3,5,7,9-10,14-15H,4,6,8H2,1-2H3. The normalized spacial score (nSPS) is 16.9. The third-order valence-electron chi connectivity index (χ3n) is 3.05. The summed E-state index contributed by atoms with van der Waals surface area (Å²) in [4.78, 5) is 0. The molecule has 1 heterocycles. The van der Waals surface area contributed by atoms with Crippen LogP contribution in [0.2, 0.25) is 0 Å². The number of methoxy groups -OCH3 is 1. The molecule has 0 saturated carbocycles. The molecule has 1 N–H and O–H groups in total. The van der Waals surface area contributed by atoms with Crippen molar-refractivity contribution in [1.82, 2.24) is 5.32 Å². The second-order valence-corrected chi connectivity index (χ2v) is 4.17. The van der Waals surface area contributed by atoms with Crippen molar-refractivity contribution in [3.05, 3.63) is 41.7 Å². The molecule has 1 aromatic carbocycles. The van der Waals surface area contributed by atoms with Gasteiger partial charge in [0.15, 0.2) is 0 Å². The fraction of sp³-hybridized carbons (Fsp3) is 0.429. The average Bonchev–Trinajstić information content (AvgIpc) is 2.41. The Kier molecular flexibility index (Phi) is 4.04. The molecule has 0 aliphatic carbocycles. The van der Waals surface area contributed by atoms with Crippen LogP contribution in [0.4, 0.5) is 0 Å². The first-order valence-electron chi connectivity index (χ1n) is 5.97. The molecule has 92 valence electrons. The van der Waals surface area contributed by atoms with E-state index in [1.165, 1.54) is 11.1 Å². The van der Waals surface area contributed by atoms with E-state index in [-0.39, 0.29) is 6.04 Å². The van der Waals surface area contributed by atoms with Crippen LogP contribution in [0.3, 0.4) is 0 Å². The van der Waals surface area contributed by atoms with Crippen LogP contribution in [0.25, 0.3) is 0 Å². The molecule has 0 saturated heterocycles. The van der Waals surface area contributed by atoms with E-state index in [2.05, 4.69) is 17.4 Å². The summed E-state index contributed by atoms with van der Waals surface area (Å²) in [6.07, 6.45) is 4.07. The molecule has 0 aromatic heterocycles. The molecule has 0 fully saturated rings. The van der Waals surface area contributed by atoms with E-state index in [4.69, 9.17) is 9.47 Å². The van der Waals surface area contributed by atoms with E-state index in [0.29, 0.717) is 0 Å². The van der Waals surface area contributed by atoms with Gasteiger partial charge >= 0.3 is 0 Å². The Morgan fingerprint density at radius 1 is 1.41 bits per heavy atom. The lowest BCUT2D eigenvalue weighted by molar-refractivity contribution is 0.220. The summed E-state index contributed by atoms with van der Waals surface area (Å²) in [6, 6.07) is 8.37. The number of hydrogen-bond acceptors (Lipinski definition) is 3. The van der Waals surface area contributed by atoms with Gasteiger partial charge in [-0.1, -0.05) is 12.1 Å². The highest BCUT2D eigenvalue weighted by molar-refractivity contribution is 5.34. The summed E-state index contributed by atoms with van der Waals surface area (Å²) in [5, 5.41) is 3.34. The van der Waals surface area contributed by atoms with E-state index in [0.717, 1.165) is 25.2 Å². The van der Waals surface area contributed by atoms with Gasteiger partial charge in [-0.15, -0.1) is 0 Å². The number of rotatable bonds is 4. The van der Waals surface area contributed by atoms with Crippen LogP contribution in [0, 0.1) is 0 Å². The molecule has 3 nitrogen and oxygen atoms in total. The monoisotopic (exact) mass is 233 g/mol. The van der Waals surface area contributed by atoms with Crippen molar-refractivity contribution in [3.63, 3.8) is 0 Å². The van der Waals surface area contributed by atoms with Crippen LogP contribution in [-0.2, 0) is 4.74 Å². The van der Waals surface area contributed by atoms with E-state index < -0.39 is 0 Å². The minimum Gasteiger partial charge on any atom is -0.501 e. The second-order valence-electron chi connectivity index (χ2n) is 4.17. The predicted octanol–water partition coefficient (Wildman–Crippen LogP) is 2.65. The second kappa shape index (κ2) is 5.73. The van der Waals surface area contributed by atoms with Crippen molar-refractivity contribution in [2.24, 2.45) is 0 Å². The summed E-state index contributed by atoms with van der Waals surface area (Å²) < 4.78 is 10.7. The van der Waals surface area contributed by atoms with Crippen molar-refractivity contribution >= 4 is 0 Å². The number of likely N-dealkylation sites (N-methyl/N-ethyl adjacent to an activating group) is 1. The van der Waals surface area contributed by atoms with E-state index in [9.17, 15) is 0 Å². The van der Waals surface area contributed by atoms with Gasteiger partial charge in [-0.05, 0) is 43.2 Å². The molecular formula is C14H19NO2. The largest absolute Gasteiger partial charge is 0.501 e. The lowest BCUT2D eigenvalue weighted by Gasteiger charge is -2.23. The van der Waals surface area contributed by atoms with Crippen molar-refractivity contribution in [1.29, 1.82) is 0 Å². The summed E-state index contributed by atoms with van der Waals surface area (Å²) in [7, 11) is 3.66. The van der Waals surface area contributed by atoms with Gasteiger partial charge in [0.05, 0.1) is 26.0 Å². The number of hydrogen-bond donors (Lipinski definition) is 1. The van der Waals surface area contributed by atoms with Crippen LogP contribution in [0.1, 0.15) is 24.4 Å². The smallest absolute Gasteiger partial charge is 0.119 e. The maximum atomic E-state index is 5.41. The topological polar surface area (TPSA) is 30.5 Å². The quantitative estimate of drug-likeness (QED) is 0.867. The summed E-state index contributed by atoms with van der Waals surface area (Å²) in [6.45, 7) is 0.831. The molecule has 1 aliphatic heterocycles. The van der Waals surface area contributed by atoms with Crippen LogP contribution < -0.4 is 10.1 Å². The Labute approximate surface area is 102 Å². The lowest BCUT2D eigenvalue weighted by Crippen LogP contribution is -2.20. The zero-order chi connectivity index (χ0) is 12.1. The molecule has 1 unspecified atom stereocenters. The molecule has 3 heteroatoms. The lowest BCUT2D eigenvalue weighted by atomic mass is 9.95. The SMILES string of the molecule is CNC(C1=COCCC1)c1cccc(OC)c1. The van der Waals surface area contributed by atoms with Crippen molar-refractivity contribution in [3.8, 4) is 5.75 Å². The summed E-state index contributed by atoms with van der Waals surface area (Å²) >= 11 is 0. The highest BCUT2D eigenvalue weighted by atomic mass is 16.5. The summed E-state index contributed by atoms with van der Waals surface area (Å²) in [5.41, 5.74) is 2.51. The zero-order valence-corrected chi connectivity index (χ0v) is 10.4. The van der Waals surface area contributed by atoms with Crippen LogP contribution in [0.15, 0.2) is 36.1 Å². The Morgan fingerprint density at radius 3 is 2.94 bits per heavy atom. The number of nitrogens with one attached hydrogen (secondary N) is 1. The van der Waals surface area contributed by atoms with Crippen molar-refractivity contribution in [2.45, 2.75) is 18.9 Å². The fourth-order valence-electron chi connectivity index (χ4n) is 2.18. The first kappa shape index (κ1) is 12.0. The molecule has 1 aromatic rings. The van der Waals surface area contributed by atoms with Gasteiger partial charge in [-0.25, -0.2) is 0 Å². The fourth-order valence-corrected chi connectivity index (χ4v) is 2.18. The third kappa shape index (κ3) is 2.80. The molecule has 1 atom stereocenters. The van der Waals surface area contributed by atoms with Crippen LogP contribution in [-0.4, -0.2) is 20.8 Å². The molecule has 2 rings (SSSR count). The highest BCUT2D eigenvalue weighted by Gasteiger charge is 2.17. The van der Waals surface area contributed by atoms with Gasteiger partial charge in [0.1, 0.15) is 5.75 Å². The van der Waals surface area contributed by atoms with Gasteiger partial charge < -0.3 is 14.8 Å². The third-order valence-corrected chi connectivity index (χ3v) is 3.05. The molecule has 0 spiro atoms. The maximum absolute atomic E-state index is 5.41. The van der Waals surface area contributed by atoms with Gasteiger partial charge in [0, 0.05) is 0 Å². The Bertz CT molecular complexity index is 401. The average molecular weight is 233 g/mol. The number of ether oxygens (including phenoxy) is 2. The molecule has 0 bridgehead atoms. The molecule has 1 aliphatic rings. The van der Waals surface area contributed by atoms with Crippen LogP contribution in [0.5, 0.6) is 5.75 Å². The van der Waals surface area contributed by atoms with E-state index in [1.54, 1.807) is 7.11 Å². The summed E-state index contributed by atoms with van der Waals surface area (Å²) in [5.74, 6) is 0.889. The Morgan fingerprint density at radius 2 is 2.29 bits per heavy atom. The van der Waals surface area contributed by atoms with Gasteiger partial charge in [-0.2, -0.15) is 0 Å². The molecular weight excluding hydrogens is 214 g/mol. The van der Waals surface area contributed by atoms with E-state index >= 15 is 0 Å². The highest BCUT2D eigenvalue weighted by Crippen LogP contribution is 2.29. The van der Waals surface area contributed by atoms with Crippen LogP contribution >= 0.6 is 0 Å². The first-order valence-corrected chi connectivity index (χ1v) is 5.97. The molecule has 17 heavy (non-hydrogen) atoms. The van der Waals surface area contributed by atoms with Gasteiger partial charge in [0.25, 0.3) is 0 Å². The molecule has 0 amide bonds. The minimum atomic E-state index is 0.213. The van der Waals surface area contributed by atoms with Gasteiger partial charge in [-0.3, -0.25) is 0 Å². The zero-order valence-electron chi connectivity index (χ0n) is 10.4. The number of benzene rings is 1. The van der Waals surface area contributed by atoms with Crippen molar-refractivity contribution < 1.29 is 9.47 Å². The van der Waals surface area contributed by atoms with Gasteiger partial charge in [0.2, 0.25) is 0 Å². The Hall–Kier alpha value is -1.48. The van der Waals surface area contributed by atoms with E-state index in [1.807, 2.05) is 25.4 Å².